The second kappa shape index (κ2) is 8.14. The summed E-state index contributed by atoms with van der Waals surface area (Å²) < 4.78 is 11.3. The van der Waals surface area contributed by atoms with Crippen LogP contribution in [0, 0.1) is 0 Å². The number of hydrogen-bond acceptors (Lipinski definition) is 6. The van der Waals surface area contributed by atoms with E-state index in [0.29, 0.717) is 30.1 Å². The number of carbonyl (C=O) groups is 2. The van der Waals surface area contributed by atoms with Gasteiger partial charge in [-0.25, -0.2) is 9.78 Å². The van der Waals surface area contributed by atoms with Crippen LogP contribution in [-0.2, 0) is 4.74 Å². The molecule has 1 fully saturated rings. The normalized spacial score (nSPS) is 15.0. The Balaban J connectivity index is 1.48. The minimum absolute atomic E-state index is 0.122. The summed E-state index contributed by atoms with van der Waals surface area (Å²) in [7, 11) is 0. The highest BCUT2D eigenvalue weighted by atomic mass is 16.6. The average Bonchev–Trinajstić information content (AvgIpc) is 3.17. The lowest BCUT2D eigenvalue weighted by Crippen LogP contribution is -2.39. The Morgan fingerprint density at radius 3 is 2.60 bits per heavy atom. The summed E-state index contributed by atoms with van der Waals surface area (Å²) in [4.78, 5) is 34.0. The number of benzene rings is 1. The van der Waals surface area contributed by atoms with Gasteiger partial charge in [-0.2, -0.15) is 0 Å². The smallest absolute Gasteiger partial charge is 0.410 e. The third-order valence-electron chi connectivity index (χ3n) is 5.19. The van der Waals surface area contributed by atoms with Crippen LogP contribution in [0.1, 0.15) is 48.9 Å². The number of carbonyl (C=O) groups excluding carboxylic acids is 2. The standard InChI is InChI=1S/C22H24N4O4/c1-13(2)29-22(28)26-9-7-14(8-10-26)21-25-18-11-15(4-6-19(18)30-21)17-5-3-16(12-24-17)20(23)27/h3-6,11-14H,7-10H2,1-2H3,(H2,23,27). The predicted molar refractivity (Wildman–Crippen MR) is 111 cm³/mol. The number of rotatable bonds is 4. The highest BCUT2D eigenvalue weighted by Gasteiger charge is 2.28. The van der Waals surface area contributed by atoms with Crippen LogP contribution in [0.25, 0.3) is 22.4 Å². The highest BCUT2D eigenvalue weighted by molar-refractivity contribution is 5.92. The summed E-state index contributed by atoms with van der Waals surface area (Å²) in [5, 5.41) is 0. The Morgan fingerprint density at radius 1 is 1.20 bits per heavy atom. The van der Waals surface area contributed by atoms with E-state index in [4.69, 9.17) is 14.9 Å². The predicted octanol–water partition coefficient (Wildman–Crippen LogP) is 3.71. The number of likely N-dealkylation sites (tertiary alicyclic amines) is 1. The van der Waals surface area contributed by atoms with E-state index in [2.05, 4.69) is 9.97 Å². The fraction of sp³-hybridized carbons (Fsp3) is 0.364. The molecule has 0 saturated carbocycles. The van der Waals surface area contributed by atoms with E-state index in [9.17, 15) is 9.59 Å². The van der Waals surface area contributed by atoms with E-state index in [1.807, 2.05) is 32.0 Å². The summed E-state index contributed by atoms with van der Waals surface area (Å²) in [6, 6.07) is 9.12. The summed E-state index contributed by atoms with van der Waals surface area (Å²) in [6.45, 7) is 4.93. The zero-order valence-electron chi connectivity index (χ0n) is 17.0. The maximum atomic E-state index is 12.1. The van der Waals surface area contributed by atoms with Gasteiger partial charge in [-0.15, -0.1) is 0 Å². The Hall–Kier alpha value is -3.42. The zero-order chi connectivity index (χ0) is 21.3. The minimum Gasteiger partial charge on any atom is -0.447 e. The fourth-order valence-electron chi connectivity index (χ4n) is 3.57. The summed E-state index contributed by atoms with van der Waals surface area (Å²) in [5.74, 6) is 0.349. The molecule has 3 heterocycles. The number of fused-ring (bicyclic) bond motifs is 1. The zero-order valence-corrected chi connectivity index (χ0v) is 17.0. The molecule has 2 amide bonds. The lowest BCUT2D eigenvalue weighted by Gasteiger charge is -2.30. The van der Waals surface area contributed by atoms with Gasteiger partial charge in [0.1, 0.15) is 5.52 Å². The summed E-state index contributed by atoms with van der Waals surface area (Å²) in [6.07, 6.45) is 2.64. The summed E-state index contributed by atoms with van der Waals surface area (Å²) in [5.41, 5.74) is 8.71. The summed E-state index contributed by atoms with van der Waals surface area (Å²) >= 11 is 0. The molecule has 2 aromatic heterocycles. The molecule has 8 heteroatoms. The van der Waals surface area contributed by atoms with Crippen LogP contribution in [0.15, 0.2) is 40.9 Å². The first kappa shape index (κ1) is 19.9. The molecule has 0 aliphatic carbocycles. The molecule has 1 aromatic carbocycles. The van der Waals surface area contributed by atoms with Crippen molar-refractivity contribution < 1.29 is 18.7 Å². The molecule has 30 heavy (non-hydrogen) atoms. The maximum absolute atomic E-state index is 12.1. The lowest BCUT2D eigenvalue weighted by molar-refractivity contribution is 0.0681. The van der Waals surface area contributed by atoms with Gasteiger partial charge in [-0.05, 0) is 57.0 Å². The van der Waals surface area contributed by atoms with Crippen LogP contribution in [0.3, 0.4) is 0 Å². The number of aromatic nitrogens is 2. The van der Waals surface area contributed by atoms with E-state index in [1.54, 1.807) is 17.0 Å². The van der Waals surface area contributed by atoms with Crippen molar-refractivity contribution in [1.82, 2.24) is 14.9 Å². The molecule has 0 radical (unpaired) electrons. The van der Waals surface area contributed by atoms with Crippen molar-refractivity contribution in [3.63, 3.8) is 0 Å². The van der Waals surface area contributed by atoms with Crippen LogP contribution < -0.4 is 5.73 Å². The van der Waals surface area contributed by atoms with Gasteiger partial charge in [0.05, 0.1) is 17.4 Å². The molecule has 0 spiro atoms. The van der Waals surface area contributed by atoms with E-state index in [-0.39, 0.29) is 18.1 Å². The van der Waals surface area contributed by atoms with Gasteiger partial charge in [-0.3, -0.25) is 9.78 Å². The van der Waals surface area contributed by atoms with Crippen molar-refractivity contribution in [3.05, 3.63) is 48.0 Å². The van der Waals surface area contributed by atoms with Crippen LogP contribution >= 0.6 is 0 Å². The first-order valence-corrected chi connectivity index (χ1v) is 10.0. The molecule has 0 atom stereocenters. The monoisotopic (exact) mass is 408 g/mol. The number of oxazole rings is 1. The van der Waals surface area contributed by atoms with E-state index in [1.165, 1.54) is 6.20 Å². The van der Waals surface area contributed by atoms with Crippen LogP contribution in [0.5, 0.6) is 0 Å². The number of primary amides is 1. The molecule has 1 aliphatic rings. The van der Waals surface area contributed by atoms with Crippen molar-refractivity contribution in [1.29, 1.82) is 0 Å². The van der Waals surface area contributed by atoms with Crippen molar-refractivity contribution >= 4 is 23.1 Å². The number of hydrogen-bond donors (Lipinski definition) is 1. The maximum Gasteiger partial charge on any atom is 0.410 e. The molecular formula is C22H24N4O4. The van der Waals surface area contributed by atoms with Gasteiger partial charge >= 0.3 is 6.09 Å². The molecule has 156 valence electrons. The first-order chi connectivity index (χ1) is 14.4. The van der Waals surface area contributed by atoms with E-state index in [0.717, 1.165) is 29.6 Å². The van der Waals surface area contributed by atoms with Gasteiger partial charge in [0.2, 0.25) is 5.91 Å². The molecule has 3 aromatic rings. The molecule has 8 nitrogen and oxygen atoms in total. The first-order valence-electron chi connectivity index (χ1n) is 10.0. The molecule has 2 N–H and O–H groups in total. The number of nitrogens with two attached hydrogens (primary N) is 1. The Labute approximate surface area is 174 Å². The number of piperidine rings is 1. The number of ether oxygens (including phenoxy) is 1. The number of amides is 2. The van der Waals surface area contributed by atoms with Crippen molar-refractivity contribution in [3.8, 4) is 11.3 Å². The third kappa shape index (κ3) is 4.12. The van der Waals surface area contributed by atoms with Crippen molar-refractivity contribution in [2.45, 2.75) is 38.7 Å². The Morgan fingerprint density at radius 2 is 1.97 bits per heavy atom. The van der Waals surface area contributed by atoms with Crippen LogP contribution in [-0.4, -0.2) is 46.1 Å². The Kier molecular flexibility index (Phi) is 5.39. The molecular weight excluding hydrogens is 384 g/mol. The average molecular weight is 408 g/mol. The Bertz CT molecular complexity index is 1070. The quantitative estimate of drug-likeness (QED) is 0.704. The van der Waals surface area contributed by atoms with Gasteiger partial charge in [0.25, 0.3) is 0 Å². The van der Waals surface area contributed by atoms with Crippen LogP contribution in [0.2, 0.25) is 0 Å². The largest absolute Gasteiger partial charge is 0.447 e. The third-order valence-corrected chi connectivity index (χ3v) is 5.19. The minimum atomic E-state index is -0.505. The van der Waals surface area contributed by atoms with Crippen molar-refractivity contribution in [2.75, 3.05) is 13.1 Å². The molecule has 0 unspecified atom stereocenters. The second-order valence-corrected chi connectivity index (χ2v) is 7.72. The van der Waals surface area contributed by atoms with Gasteiger partial charge < -0.3 is 19.8 Å². The van der Waals surface area contributed by atoms with Gasteiger partial charge in [-0.1, -0.05) is 0 Å². The van der Waals surface area contributed by atoms with E-state index < -0.39 is 5.91 Å². The van der Waals surface area contributed by atoms with E-state index >= 15 is 0 Å². The highest BCUT2D eigenvalue weighted by Crippen LogP contribution is 2.31. The topological polar surface area (TPSA) is 112 Å². The molecule has 1 saturated heterocycles. The molecule has 4 rings (SSSR count). The lowest BCUT2D eigenvalue weighted by atomic mass is 9.97. The molecule has 1 aliphatic heterocycles. The number of nitrogens with zero attached hydrogens (tertiary/aromatic N) is 3. The number of pyridine rings is 1. The van der Waals surface area contributed by atoms with Crippen LogP contribution in [0.4, 0.5) is 4.79 Å². The SMILES string of the molecule is CC(C)OC(=O)N1CCC(c2nc3cc(-c4ccc(C(N)=O)cn4)ccc3o2)CC1. The van der Waals surface area contributed by atoms with Gasteiger partial charge in [0.15, 0.2) is 11.5 Å². The van der Waals surface area contributed by atoms with Gasteiger partial charge in [0, 0.05) is 30.8 Å². The van der Waals surface area contributed by atoms with Crippen molar-refractivity contribution in [2.24, 2.45) is 5.73 Å². The molecule has 0 bridgehead atoms. The second-order valence-electron chi connectivity index (χ2n) is 7.72. The fourth-order valence-corrected chi connectivity index (χ4v) is 3.57.